The summed E-state index contributed by atoms with van der Waals surface area (Å²) >= 11 is 0. The van der Waals surface area contributed by atoms with E-state index in [-0.39, 0.29) is 16.6 Å². The summed E-state index contributed by atoms with van der Waals surface area (Å²) in [5.74, 6) is 2.52. The van der Waals surface area contributed by atoms with Crippen LogP contribution in [0.5, 0.6) is 0 Å². The van der Waals surface area contributed by atoms with Crippen LogP contribution in [0, 0.1) is 28.6 Å². The number of ketones is 2. The van der Waals surface area contributed by atoms with Crippen LogP contribution >= 0.6 is 0 Å². The van der Waals surface area contributed by atoms with Gasteiger partial charge in [-0.3, -0.25) is 13.8 Å². The molecule has 0 bridgehead atoms. The first kappa shape index (κ1) is 17.4. The summed E-state index contributed by atoms with van der Waals surface area (Å²) in [5.41, 5.74) is 2.05. The van der Waals surface area contributed by atoms with E-state index in [1.54, 1.807) is 12.3 Å². The lowest BCUT2D eigenvalue weighted by molar-refractivity contribution is -0.131. The Morgan fingerprint density at radius 3 is 2.56 bits per heavy atom. The van der Waals surface area contributed by atoms with Gasteiger partial charge in [0.1, 0.15) is 5.78 Å². The zero-order valence-corrected chi connectivity index (χ0v) is 16.3. The van der Waals surface area contributed by atoms with Crippen molar-refractivity contribution in [1.29, 1.82) is 0 Å². The van der Waals surface area contributed by atoms with Crippen LogP contribution in [0.3, 0.4) is 0 Å². The molecule has 0 aromatic heterocycles. The van der Waals surface area contributed by atoms with E-state index in [2.05, 4.69) is 13.8 Å². The normalized spacial score (nSPS) is 44.4. The van der Waals surface area contributed by atoms with Gasteiger partial charge in [0, 0.05) is 40.1 Å². The van der Waals surface area contributed by atoms with Gasteiger partial charge in [-0.25, -0.2) is 0 Å². The van der Waals surface area contributed by atoms with Crippen molar-refractivity contribution >= 4 is 22.4 Å². The lowest BCUT2D eigenvalue weighted by atomic mass is 9.47. The molecule has 0 heterocycles. The van der Waals surface area contributed by atoms with Gasteiger partial charge in [0.2, 0.25) is 0 Å². The van der Waals surface area contributed by atoms with E-state index in [1.807, 2.05) is 6.08 Å². The number of hydrogen-bond donors (Lipinski definition) is 0. The highest BCUT2D eigenvalue weighted by Crippen LogP contribution is 2.64. The number of allylic oxidation sites excluding steroid dienone is 3. The molecule has 0 spiro atoms. The predicted molar refractivity (Wildman–Crippen MR) is 99.5 cm³/mol. The van der Waals surface area contributed by atoms with Gasteiger partial charge in [-0.2, -0.15) is 0 Å². The van der Waals surface area contributed by atoms with E-state index in [1.165, 1.54) is 5.57 Å². The molecule has 0 N–H and O–H groups in total. The first-order valence-corrected chi connectivity index (χ1v) is 11.3. The van der Waals surface area contributed by atoms with Crippen LogP contribution in [-0.2, 0) is 20.4 Å². The highest BCUT2D eigenvalue weighted by atomic mass is 32.2. The second-order valence-electron chi connectivity index (χ2n) is 8.99. The molecule has 3 saturated carbocycles. The predicted octanol–water partition coefficient (Wildman–Crippen LogP) is 3.61. The Morgan fingerprint density at radius 1 is 1.08 bits per heavy atom. The maximum atomic E-state index is 12.5. The van der Waals surface area contributed by atoms with Crippen LogP contribution in [0.25, 0.3) is 0 Å². The summed E-state index contributed by atoms with van der Waals surface area (Å²) in [4.78, 5) is 24.7. The van der Waals surface area contributed by atoms with Crippen molar-refractivity contribution in [3.63, 3.8) is 0 Å². The zero-order valence-electron chi connectivity index (χ0n) is 15.5. The average Bonchev–Trinajstić information content (AvgIpc) is 2.84. The van der Waals surface area contributed by atoms with Crippen molar-refractivity contribution in [1.82, 2.24) is 0 Å². The molecule has 3 nitrogen and oxygen atoms in total. The van der Waals surface area contributed by atoms with Crippen molar-refractivity contribution in [3.05, 3.63) is 23.3 Å². The smallest absolute Gasteiger partial charge is 0.178 e. The first-order valence-electron chi connectivity index (χ1n) is 9.56. The molecular formula is C21H28O3S. The summed E-state index contributed by atoms with van der Waals surface area (Å²) in [7, 11) is -0.952. The van der Waals surface area contributed by atoms with E-state index < -0.39 is 10.8 Å². The highest BCUT2D eigenvalue weighted by Gasteiger charge is 2.59. The van der Waals surface area contributed by atoms with Crippen molar-refractivity contribution in [3.8, 4) is 0 Å². The lowest BCUT2D eigenvalue weighted by Crippen LogP contribution is -2.51. The Kier molecular flexibility index (Phi) is 3.99. The molecule has 0 amide bonds. The van der Waals surface area contributed by atoms with Gasteiger partial charge in [-0.1, -0.05) is 19.4 Å². The molecule has 4 rings (SSSR count). The van der Waals surface area contributed by atoms with Crippen LogP contribution in [0.2, 0.25) is 0 Å². The topological polar surface area (TPSA) is 51.2 Å². The third kappa shape index (κ3) is 2.39. The summed E-state index contributed by atoms with van der Waals surface area (Å²) in [5, 5.41) is 0. The molecule has 0 aliphatic heterocycles. The summed E-state index contributed by atoms with van der Waals surface area (Å²) in [6.07, 6.45) is 11.1. The number of hydrogen-bond acceptors (Lipinski definition) is 3. The maximum Gasteiger partial charge on any atom is 0.178 e. The molecule has 0 aromatic carbocycles. The van der Waals surface area contributed by atoms with E-state index in [9.17, 15) is 13.8 Å². The average molecular weight is 361 g/mol. The minimum Gasteiger partial charge on any atom is -0.299 e. The van der Waals surface area contributed by atoms with Gasteiger partial charge in [-0.05, 0) is 67.6 Å². The van der Waals surface area contributed by atoms with Crippen molar-refractivity contribution in [2.24, 2.45) is 28.6 Å². The Bertz CT molecular complexity index is 733. The molecule has 0 aromatic rings. The number of rotatable bonds is 2. The van der Waals surface area contributed by atoms with Crippen LogP contribution in [0.15, 0.2) is 23.3 Å². The summed E-state index contributed by atoms with van der Waals surface area (Å²) < 4.78 is 12.0. The summed E-state index contributed by atoms with van der Waals surface area (Å²) in [6, 6.07) is 0. The fourth-order valence-electron chi connectivity index (χ4n) is 6.61. The molecular weight excluding hydrogens is 332 g/mol. The number of carbonyl (C=O) groups excluding carboxylic acids is 2. The quantitative estimate of drug-likeness (QED) is 0.756. The van der Waals surface area contributed by atoms with Crippen LogP contribution in [0.4, 0.5) is 0 Å². The van der Waals surface area contributed by atoms with Gasteiger partial charge >= 0.3 is 0 Å². The fourth-order valence-corrected chi connectivity index (χ4v) is 7.43. The van der Waals surface area contributed by atoms with E-state index in [0.29, 0.717) is 29.3 Å². The number of Topliss-reactive ketones (excluding diaryl/α,β-unsaturated/α-hetero) is 1. The molecule has 136 valence electrons. The first-order chi connectivity index (χ1) is 11.8. The summed E-state index contributed by atoms with van der Waals surface area (Å²) in [6.45, 7) is 4.47. The molecule has 4 heteroatoms. The Balaban J connectivity index is 1.75. The number of fused-ring (bicyclic) bond motifs is 5. The molecule has 0 saturated heterocycles. The molecule has 4 aliphatic carbocycles. The van der Waals surface area contributed by atoms with Crippen molar-refractivity contribution < 1.29 is 13.8 Å². The van der Waals surface area contributed by atoms with Crippen LogP contribution < -0.4 is 0 Å². The van der Waals surface area contributed by atoms with E-state index in [0.717, 1.165) is 44.1 Å². The SMILES string of the molecule is CS(=O)CC1=CC(=O)C=C2CC[C@@H]3[C@H](CC[C@]4(C)C(=O)CC[C@@H]34)[C@]21C. The van der Waals surface area contributed by atoms with Crippen molar-refractivity contribution in [2.75, 3.05) is 12.0 Å². The Hall–Kier alpha value is -1.03. The third-order valence-electron chi connectivity index (χ3n) is 7.96. The molecule has 25 heavy (non-hydrogen) atoms. The van der Waals surface area contributed by atoms with Gasteiger partial charge in [-0.15, -0.1) is 0 Å². The van der Waals surface area contributed by atoms with Crippen molar-refractivity contribution in [2.45, 2.75) is 52.4 Å². The Labute approximate surface area is 152 Å². The fraction of sp³-hybridized carbons (Fsp3) is 0.714. The lowest BCUT2D eigenvalue weighted by Gasteiger charge is -2.57. The molecule has 0 radical (unpaired) electrons. The minimum atomic E-state index is -0.952. The van der Waals surface area contributed by atoms with Gasteiger partial charge in [0.25, 0.3) is 0 Å². The molecule has 4 aliphatic rings. The standard InChI is InChI=1S/C21H28O3S/c1-20-9-8-18-16(17(20)6-7-19(20)23)5-4-13-10-15(22)11-14(12-25(3)24)21(13,18)2/h10-11,16-18H,4-9,12H2,1-3H3/t16-,17-,18-,20-,21+,25?/m0/s1. The van der Waals surface area contributed by atoms with Crippen LogP contribution in [0.1, 0.15) is 52.4 Å². The van der Waals surface area contributed by atoms with Crippen LogP contribution in [-0.4, -0.2) is 27.8 Å². The van der Waals surface area contributed by atoms with Gasteiger partial charge < -0.3 is 0 Å². The third-order valence-corrected chi connectivity index (χ3v) is 8.68. The monoisotopic (exact) mass is 360 g/mol. The maximum absolute atomic E-state index is 12.5. The largest absolute Gasteiger partial charge is 0.299 e. The molecule has 3 fully saturated rings. The van der Waals surface area contributed by atoms with Gasteiger partial charge in [0.15, 0.2) is 5.78 Å². The minimum absolute atomic E-state index is 0.0584. The second-order valence-corrected chi connectivity index (χ2v) is 10.4. The molecule has 1 unspecified atom stereocenters. The van der Waals surface area contributed by atoms with E-state index in [4.69, 9.17) is 0 Å². The molecule has 6 atom stereocenters. The zero-order chi connectivity index (χ0) is 18.0. The van der Waals surface area contributed by atoms with E-state index >= 15 is 0 Å². The van der Waals surface area contributed by atoms with Gasteiger partial charge in [0.05, 0.1) is 0 Å². The number of carbonyl (C=O) groups is 2. The second kappa shape index (κ2) is 5.73. The highest BCUT2D eigenvalue weighted by molar-refractivity contribution is 7.84. The Morgan fingerprint density at radius 2 is 1.84 bits per heavy atom.